The number of fused-ring (bicyclic) bond motifs is 2. The lowest BCUT2D eigenvalue weighted by Crippen LogP contribution is -2.44. The maximum atomic E-state index is 12.9. The highest BCUT2D eigenvalue weighted by atomic mass is 16.5. The van der Waals surface area contributed by atoms with Gasteiger partial charge in [0.05, 0.1) is 6.20 Å². The monoisotopic (exact) mass is 339 g/mol. The van der Waals surface area contributed by atoms with Crippen molar-refractivity contribution in [1.29, 1.82) is 0 Å². The number of aromatic amines is 1. The van der Waals surface area contributed by atoms with E-state index in [1.165, 1.54) is 24.0 Å². The molecule has 0 saturated carbocycles. The standard InChI is InChI=1S/C20H25N3O2/c1-2-19(20(24)23-10-9-18-16(13-23)12-21-22-18)25-17-8-7-14-5-3-4-6-15(14)11-17/h7-8,11-12,19H,2-6,9-10,13H2,1H3,(H,21,22)/t19-/m1/s1. The van der Waals surface area contributed by atoms with E-state index in [2.05, 4.69) is 22.3 Å². The molecule has 0 bridgehead atoms. The molecule has 0 saturated heterocycles. The van der Waals surface area contributed by atoms with Gasteiger partial charge < -0.3 is 9.64 Å². The van der Waals surface area contributed by atoms with Crippen molar-refractivity contribution in [3.05, 3.63) is 46.8 Å². The Morgan fingerprint density at radius 3 is 2.92 bits per heavy atom. The highest BCUT2D eigenvalue weighted by Crippen LogP contribution is 2.27. The van der Waals surface area contributed by atoms with Crippen LogP contribution in [0.15, 0.2) is 24.4 Å². The fourth-order valence-electron chi connectivity index (χ4n) is 3.87. The van der Waals surface area contributed by atoms with Gasteiger partial charge in [0, 0.05) is 30.8 Å². The second-order valence-electron chi connectivity index (χ2n) is 7.04. The Balaban J connectivity index is 1.46. The van der Waals surface area contributed by atoms with Gasteiger partial charge in [-0.1, -0.05) is 13.0 Å². The van der Waals surface area contributed by atoms with Crippen LogP contribution in [-0.4, -0.2) is 33.7 Å². The van der Waals surface area contributed by atoms with E-state index in [0.717, 1.165) is 42.8 Å². The van der Waals surface area contributed by atoms with Gasteiger partial charge in [-0.25, -0.2) is 0 Å². The van der Waals surface area contributed by atoms with Gasteiger partial charge in [-0.2, -0.15) is 5.10 Å². The molecule has 1 aromatic heterocycles. The number of carbonyl (C=O) groups excluding carboxylic acids is 1. The van der Waals surface area contributed by atoms with Crippen molar-refractivity contribution in [3.8, 4) is 5.75 Å². The number of carbonyl (C=O) groups is 1. The largest absolute Gasteiger partial charge is 0.481 e. The van der Waals surface area contributed by atoms with Crippen molar-refractivity contribution < 1.29 is 9.53 Å². The van der Waals surface area contributed by atoms with Crippen molar-refractivity contribution >= 4 is 5.91 Å². The van der Waals surface area contributed by atoms with Crippen LogP contribution in [0.5, 0.6) is 5.75 Å². The van der Waals surface area contributed by atoms with Crippen LogP contribution in [0.1, 0.15) is 48.6 Å². The van der Waals surface area contributed by atoms with Crippen LogP contribution in [0.25, 0.3) is 0 Å². The lowest BCUT2D eigenvalue weighted by Gasteiger charge is -2.30. The first-order valence-electron chi connectivity index (χ1n) is 9.33. The van der Waals surface area contributed by atoms with Crippen molar-refractivity contribution in [2.24, 2.45) is 0 Å². The quantitative estimate of drug-likeness (QED) is 0.931. The predicted molar refractivity (Wildman–Crippen MR) is 95.5 cm³/mol. The Morgan fingerprint density at radius 1 is 1.24 bits per heavy atom. The summed E-state index contributed by atoms with van der Waals surface area (Å²) in [4.78, 5) is 14.8. The van der Waals surface area contributed by atoms with E-state index in [0.29, 0.717) is 13.0 Å². The van der Waals surface area contributed by atoms with E-state index >= 15 is 0 Å². The van der Waals surface area contributed by atoms with Crippen molar-refractivity contribution in [3.63, 3.8) is 0 Å². The van der Waals surface area contributed by atoms with Gasteiger partial charge in [-0.3, -0.25) is 9.89 Å². The topological polar surface area (TPSA) is 58.2 Å². The van der Waals surface area contributed by atoms with Crippen LogP contribution in [0.4, 0.5) is 0 Å². The molecule has 132 valence electrons. The van der Waals surface area contributed by atoms with Crippen LogP contribution < -0.4 is 4.74 Å². The Labute approximate surface area is 148 Å². The number of aromatic nitrogens is 2. The minimum absolute atomic E-state index is 0.0760. The molecular weight excluding hydrogens is 314 g/mol. The molecule has 0 fully saturated rings. The SMILES string of the molecule is CC[C@@H](Oc1ccc2c(c1)CCCC2)C(=O)N1CCc2[nH]ncc2C1. The summed E-state index contributed by atoms with van der Waals surface area (Å²) in [5.74, 6) is 0.897. The number of nitrogens with one attached hydrogen (secondary N) is 1. The summed E-state index contributed by atoms with van der Waals surface area (Å²) < 4.78 is 6.10. The van der Waals surface area contributed by atoms with Gasteiger partial charge in [-0.05, 0) is 55.4 Å². The fraction of sp³-hybridized carbons (Fsp3) is 0.500. The van der Waals surface area contributed by atoms with E-state index in [4.69, 9.17) is 4.74 Å². The highest BCUT2D eigenvalue weighted by Gasteiger charge is 2.28. The van der Waals surface area contributed by atoms with E-state index in [9.17, 15) is 4.79 Å². The third kappa shape index (κ3) is 3.28. The minimum Gasteiger partial charge on any atom is -0.481 e. The Kier molecular flexibility index (Phi) is 4.47. The van der Waals surface area contributed by atoms with E-state index in [-0.39, 0.29) is 5.91 Å². The van der Waals surface area contributed by atoms with E-state index in [1.807, 2.05) is 24.1 Å². The first-order valence-corrected chi connectivity index (χ1v) is 9.33. The van der Waals surface area contributed by atoms with Gasteiger partial charge in [0.15, 0.2) is 6.10 Å². The molecule has 1 atom stereocenters. The molecule has 0 radical (unpaired) electrons. The fourth-order valence-corrected chi connectivity index (χ4v) is 3.87. The molecule has 1 amide bonds. The lowest BCUT2D eigenvalue weighted by atomic mass is 9.92. The molecule has 1 aromatic carbocycles. The number of nitrogens with zero attached hydrogens (tertiary/aromatic N) is 2. The van der Waals surface area contributed by atoms with Crippen LogP contribution in [0, 0.1) is 0 Å². The molecule has 5 nitrogen and oxygen atoms in total. The number of H-pyrrole nitrogens is 1. The van der Waals surface area contributed by atoms with Crippen LogP contribution in [0.3, 0.4) is 0 Å². The first-order chi connectivity index (χ1) is 12.2. The van der Waals surface area contributed by atoms with Gasteiger partial charge >= 0.3 is 0 Å². The van der Waals surface area contributed by atoms with Crippen LogP contribution in [-0.2, 0) is 30.6 Å². The summed E-state index contributed by atoms with van der Waals surface area (Å²) in [5, 5.41) is 7.09. The summed E-state index contributed by atoms with van der Waals surface area (Å²) in [7, 11) is 0. The summed E-state index contributed by atoms with van der Waals surface area (Å²) in [5.41, 5.74) is 5.07. The summed E-state index contributed by atoms with van der Waals surface area (Å²) >= 11 is 0. The number of amides is 1. The average Bonchev–Trinajstić information content (AvgIpc) is 3.13. The Bertz CT molecular complexity index is 768. The number of hydrogen-bond donors (Lipinski definition) is 1. The zero-order chi connectivity index (χ0) is 17.2. The second-order valence-corrected chi connectivity index (χ2v) is 7.04. The molecule has 1 aliphatic heterocycles. The molecule has 2 heterocycles. The molecule has 5 heteroatoms. The number of ether oxygens (including phenoxy) is 1. The third-order valence-corrected chi connectivity index (χ3v) is 5.36. The molecular formula is C20H25N3O2. The van der Waals surface area contributed by atoms with Crippen molar-refractivity contribution in [1.82, 2.24) is 15.1 Å². The van der Waals surface area contributed by atoms with Gasteiger partial charge in [0.1, 0.15) is 5.75 Å². The summed E-state index contributed by atoms with van der Waals surface area (Å²) in [6.45, 7) is 3.35. The summed E-state index contributed by atoms with van der Waals surface area (Å²) in [6, 6.07) is 6.32. The van der Waals surface area contributed by atoms with Crippen molar-refractivity contribution in [2.45, 2.75) is 58.1 Å². The Morgan fingerprint density at radius 2 is 2.08 bits per heavy atom. The minimum atomic E-state index is -0.421. The van der Waals surface area contributed by atoms with E-state index in [1.54, 1.807) is 0 Å². The second kappa shape index (κ2) is 6.90. The predicted octanol–water partition coefficient (Wildman–Crippen LogP) is 3.03. The molecule has 2 aliphatic rings. The molecule has 25 heavy (non-hydrogen) atoms. The van der Waals surface area contributed by atoms with E-state index < -0.39 is 6.10 Å². The smallest absolute Gasteiger partial charge is 0.263 e. The zero-order valence-corrected chi connectivity index (χ0v) is 14.8. The molecule has 0 unspecified atom stereocenters. The maximum Gasteiger partial charge on any atom is 0.263 e. The van der Waals surface area contributed by atoms with Gasteiger partial charge in [-0.15, -0.1) is 0 Å². The Hall–Kier alpha value is -2.30. The van der Waals surface area contributed by atoms with Crippen LogP contribution in [0.2, 0.25) is 0 Å². The third-order valence-electron chi connectivity index (χ3n) is 5.36. The maximum absolute atomic E-state index is 12.9. The molecule has 1 aliphatic carbocycles. The number of benzene rings is 1. The average molecular weight is 339 g/mol. The van der Waals surface area contributed by atoms with Gasteiger partial charge in [0.25, 0.3) is 5.91 Å². The molecule has 4 rings (SSSR count). The van der Waals surface area contributed by atoms with Crippen molar-refractivity contribution in [2.75, 3.05) is 6.54 Å². The molecule has 0 spiro atoms. The zero-order valence-electron chi connectivity index (χ0n) is 14.8. The number of hydrogen-bond acceptors (Lipinski definition) is 3. The summed E-state index contributed by atoms with van der Waals surface area (Å²) in [6.07, 6.45) is 7.69. The van der Waals surface area contributed by atoms with Gasteiger partial charge in [0.2, 0.25) is 0 Å². The molecule has 1 N–H and O–H groups in total. The normalized spacial score (nSPS) is 17.6. The molecule has 2 aromatic rings. The van der Waals surface area contributed by atoms with Crippen LogP contribution >= 0.6 is 0 Å². The highest BCUT2D eigenvalue weighted by molar-refractivity contribution is 5.81. The lowest BCUT2D eigenvalue weighted by molar-refractivity contribution is -0.139. The number of aryl methyl sites for hydroxylation is 2. The number of rotatable bonds is 4. The first kappa shape index (κ1) is 16.2.